The number of aliphatic carboxylic acids is 1. The van der Waals surface area contributed by atoms with E-state index in [4.69, 9.17) is 9.15 Å². The molecule has 1 atom stereocenters. The van der Waals surface area contributed by atoms with E-state index in [-0.39, 0.29) is 18.6 Å². The van der Waals surface area contributed by atoms with Crippen LogP contribution in [0.25, 0.3) is 11.5 Å². The number of amides is 1. The highest BCUT2D eigenvalue weighted by Gasteiger charge is 2.23. The highest BCUT2D eigenvalue weighted by atomic mass is 16.5. The number of carboxylic acids is 1. The van der Waals surface area contributed by atoms with Crippen molar-refractivity contribution in [3.8, 4) is 11.5 Å². The minimum atomic E-state index is -1.19. The highest BCUT2D eigenvalue weighted by Crippen LogP contribution is 2.15. The fraction of sp³-hybridized carbons (Fsp3) is 0.389. The molecule has 140 valence electrons. The van der Waals surface area contributed by atoms with Crippen LogP contribution in [0.15, 0.2) is 39.7 Å². The van der Waals surface area contributed by atoms with Gasteiger partial charge in [0.05, 0.1) is 17.6 Å². The summed E-state index contributed by atoms with van der Waals surface area (Å²) in [5, 5.41) is 11.6. The number of carboxylic acid groups (broad SMARTS) is 1. The van der Waals surface area contributed by atoms with Gasteiger partial charge in [0, 0.05) is 13.0 Å². The molecule has 26 heavy (non-hydrogen) atoms. The van der Waals surface area contributed by atoms with Crippen LogP contribution < -0.4 is 10.9 Å². The maximum absolute atomic E-state index is 12.3. The normalized spacial score (nSPS) is 12.6. The zero-order chi connectivity index (χ0) is 19.3. The Kier molecular flexibility index (Phi) is 5.99. The summed E-state index contributed by atoms with van der Waals surface area (Å²) in [5.41, 5.74) is -0.800. The van der Waals surface area contributed by atoms with Gasteiger partial charge < -0.3 is 24.6 Å². The Balaban J connectivity index is 2.07. The molecule has 0 spiro atoms. The molecule has 0 saturated carbocycles. The number of nitrogens with one attached hydrogen (secondary N) is 2. The summed E-state index contributed by atoms with van der Waals surface area (Å²) in [7, 11) is 0. The van der Waals surface area contributed by atoms with E-state index in [1.54, 1.807) is 12.1 Å². The predicted molar refractivity (Wildman–Crippen MR) is 94.0 cm³/mol. The van der Waals surface area contributed by atoms with Gasteiger partial charge in [-0.05, 0) is 45.0 Å². The largest absolute Gasteiger partial charge is 0.480 e. The second-order valence-corrected chi connectivity index (χ2v) is 6.71. The second-order valence-electron chi connectivity index (χ2n) is 6.71. The third kappa shape index (κ3) is 5.32. The van der Waals surface area contributed by atoms with Gasteiger partial charge in [-0.3, -0.25) is 9.59 Å². The average molecular weight is 362 g/mol. The summed E-state index contributed by atoms with van der Waals surface area (Å²) >= 11 is 0. The number of aromatic amines is 1. The van der Waals surface area contributed by atoms with Crippen LogP contribution in [-0.4, -0.2) is 40.2 Å². The van der Waals surface area contributed by atoms with Gasteiger partial charge in [0.1, 0.15) is 17.4 Å². The molecule has 2 aromatic rings. The topological polar surface area (TPSA) is 122 Å². The van der Waals surface area contributed by atoms with Gasteiger partial charge in [-0.1, -0.05) is 0 Å². The average Bonchev–Trinajstić information content (AvgIpc) is 3.06. The molecule has 1 amide bonds. The number of H-pyrrole nitrogens is 1. The maximum Gasteiger partial charge on any atom is 0.326 e. The molecule has 2 heterocycles. The Bertz CT molecular complexity index is 817. The molecule has 0 aliphatic heterocycles. The number of pyridine rings is 1. The quantitative estimate of drug-likeness (QED) is 0.693. The van der Waals surface area contributed by atoms with E-state index in [1.807, 2.05) is 20.8 Å². The van der Waals surface area contributed by atoms with Crippen LogP contribution >= 0.6 is 0 Å². The number of furan rings is 1. The molecule has 0 aliphatic rings. The molecule has 2 aromatic heterocycles. The van der Waals surface area contributed by atoms with Crippen LogP contribution in [0.2, 0.25) is 0 Å². The lowest BCUT2D eigenvalue weighted by molar-refractivity contribution is -0.140. The Morgan fingerprint density at radius 1 is 1.31 bits per heavy atom. The first kappa shape index (κ1) is 19.5. The van der Waals surface area contributed by atoms with E-state index in [0.29, 0.717) is 11.5 Å². The smallest absolute Gasteiger partial charge is 0.326 e. The third-order valence-electron chi connectivity index (χ3n) is 3.49. The lowest BCUT2D eigenvalue weighted by Gasteiger charge is -2.21. The molecule has 0 fully saturated rings. The molecular formula is C18H22N2O6. The Morgan fingerprint density at radius 3 is 2.58 bits per heavy atom. The minimum Gasteiger partial charge on any atom is -0.480 e. The number of carbonyl (C=O) groups is 2. The molecule has 1 unspecified atom stereocenters. The van der Waals surface area contributed by atoms with Crippen LogP contribution in [0.4, 0.5) is 0 Å². The first-order valence-corrected chi connectivity index (χ1v) is 8.12. The van der Waals surface area contributed by atoms with Crippen molar-refractivity contribution in [1.29, 1.82) is 0 Å². The highest BCUT2D eigenvalue weighted by molar-refractivity contribution is 5.96. The molecule has 0 aliphatic carbocycles. The van der Waals surface area contributed by atoms with Gasteiger partial charge in [-0.2, -0.15) is 0 Å². The zero-order valence-corrected chi connectivity index (χ0v) is 14.9. The van der Waals surface area contributed by atoms with Crippen molar-refractivity contribution in [2.24, 2.45) is 0 Å². The van der Waals surface area contributed by atoms with Crippen molar-refractivity contribution < 1.29 is 23.8 Å². The van der Waals surface area contributed by atoms with Crippen molar-refractivity contribution in [2.75, 3.05) is 6.61 Å². The Hall–Kier alpha value is -2.87. The van der Waals surface area contributed by atoms with Crippen LogP contribution in [-0.2, 0) is 9.53 Å². The van der Waals surface area contributed by atoms with E-state index in [0.717, 1.165) is 0 Å². The number of hydrogen-bond donors (Lipinski definition) is 3. The van der Waals surface area contributed by atoms with Crippen LogP contribution in [0.3, 0.4) is 0 Å². The molecule has 0 aromatic carbocycles. The van der Waals surface area contributed by atoms with E-state index in [9.17, 15) is 19.5 Å². The van der Waals surface area contributed by atoms with Gasteiger partial charge >= 0.3 is 5.97 Å². The number of rotatable bonds is 7. The van der Waals surface area contributed by atoms with Crippen molar-refractivity contribution in [1.82, 2.24) is 10.3 Å². The molecule has 2 rings (SSSR count). The van der Waals surface area contributed by atoms with Crippen molar-refractivity contribution >= 4 is 11.9 Å². The molecule has 0 bridgehead atoms. The standard InChI is InChI=1S/C18H22N2O6/c1-18(2,3)26-10-8-13(17(23)24)20-16(22)11-6-7-12(19-15(11)21)14-5-4-9-25-14/h4-7,9,13H,8,10H2,1-3H3,(H,19,21)(H,20,22)(H,23,24). The van der Waals surface area contributed by atoms with Gasteiger partial charge in [0.25, 0.3) is 11.5 Å². The van der Waals surface area contributed by atoms with E-state index in [2.05, 4.69) is 10.3 Å². The van der Waals surface area contributed by atoms with Gasteiger partial charge in [-0.25, -0.2) is 4.79 Å². The van der Waals surface area contributed by atoms with E-state index >= 15 is 0 Å². The molecule has 3 N–H and O–H groups in total. The number of hydrogen-bond acceptors (Lipinski definition) is 5. The number of aromatic nitrogens is 1. The number of carbonyl (C=O) groups excluding carboxylic acids is 1. The van der Waals surface area contributed by atoms with E-state index in [1.165, 1.54) is 18.4 Å². The second kappa shape index (κ2) is 8.01. The SMILES string of the molecule is CC(C)(C)OCCC(NC(=O)c1ccc(-c2ccco2)[nH]c1=O)C(=O)O. The summed E-state index contributed by atoms with van der Waals surface area (Å²) in [6.07, 6.45) is 1.55. The molecule has 8 heteroatoms. The van der Waals surface area contributed by atoms with Gasteiger partial charge in [-0.15, -0.1) is 0 Å². The predicted octanol–water partition coefficient (Wildman–Crippen LogP) is 2.02. The summed E-state index contributed by atoms with van der Waals surface area (Å²) in [6, 6.07) is 5.03. The Morgan fingerprint density at radius 2 is 2.04 bits per heavy atom. The van der Waals surface area contributed by atoms with Crippen LogP contribution in [0, 0.1) is 0 Å². The minimum absolute atomic E-state index is 0.0841. The van der Waals surface area contributed by atoms with Gasteiger partial charge in [0.2, 0.25) is 0 Å². The van der Waals surface area contributed by atoms with E-state index < -0.39 is 29.1 Å². The lowest BCUT2D eigenvalue weighted by Crippen LogP contribution is -2.43. The van der Waals surface area contributed by atoms with Crippen molar-refractivity contribution in [3.63, 3.8) is 0 Å². The lowest BCUT2D eigenvalue weighted by atomic mass is 10.1. The summed E-state index contributed by atoms with van der Waals surface area (Å²) < 4.78 is 10.7. The number of ether oxygens (including phenoxy) is 1. The molecular weight excluding hydrogens is 340 g/mol. The summed E-state index contributed by atoms with van der Waals surface area (Å²) in [4.78, 5) is 38.3. The first-order valence-electron chi connectivity index (χ1n) is 8.12. The third-order valence-corrected chi connectivity index (χ3v) is 3.49. The molecule has 0 radical (unpaired) electrons. The monoisotopic (exact) mass is 362 g/mol. The van der Waals surface area contributed by atoms with Crippen molar-refractivity contribution in [3.05, 3.63) is 46.4 Å². The first-order chi connectivity index (χ1) is 12.2. The van der Waals surface area contributed by atoms with Crippen LogP contribution in [0.1, 0.15) is 37.6 Å². The molecule has 0 saturated heterocycles. The van der Waals surface area contributed by atoms with Gasteiger partial charge in [0.15, 0.2) is 0 Å². The molecule has 8 nitrogen and oxygen atoms in total. The summed E-state index contributed by atoms with van der Waals surface area (Å²) in [6.45, 7) is 5.71. The maximum atomic E-state index is 12.3. The Labute approximate surface area is 150 Å². The zero-order valence-electron chi connectivity index (χ0n) is 14.9. The van der Waals surface area contributed by atoms with Crippen molar-refractivity contribution in [2.45, 2.75) is 38.8 Å². The summed E-state index contributed by atoms with van der Waals surface area (Å²) in [5.74, 6) is -1.50. The fourth-order valence-corrected chi connectivity index (χ4v) is 2.20. The van der Waals surface area contributed by atoms with Crippen LogP contribution in [0.5, 0.6) is 0 Å². The fourth-order valence-electron chi connectivity index (χ4n) is 2.20.